The van der Waals surface area contributed by atoms with Crippen LogP contribution in [0, 0.1) is 0 Å². The summed E-state index contributed by atoms with van der Waals surface area (Å²) in [6.07, 6.45) is 4.94. The van der Waals surface area contributed by atoms with Crippen molar-refractivity contribution >= 4 is 15.9 Å². The van der Waals surface area contributed by atoms with Gasteiger partial charge in [0, 0.05) is 18.6 Å². The van der Waals surface area contributed by atoms with E-state index in [2.05, 4.69) is 27.8 Å². The summed E-state index contributed by atoms with van der Waals surface area (Å²) in [6, 6.07) is 2.98. The van der Waals surface area contributed by atoms with Crippen molar-refractivity contribution in [3.05, 3.63) is 22.6 Å². The molecule has 1 N–H and O–H groups in total. The highest BCUT2D eigenvalue weighted by atomic mass is 79.9. The van der Waals surface area contributed by atoms with Gasteiger partial charge in [-0.1, -0.05) is 0 Å². The van der Waals surface area contributed by atoms with Crippen LogP contribution >= 0.6 is 15.9 Å². The van der Waals surface area contributed by atoms with Gasteiger partial charge in [0.25, 0.3) is 0 Å². The van der Waals surface area contributed by atoms with E-state index in [0.717, 1.165) is 10.9 Å². The van der Waals surface area contributed by atoms with Gasteiger partial charge in [0.1, 0.15) is 5.60 Å². The predicted molar refractivity (Wildman–Crippen MR) is 64.1 cm³/mol. The zero-order valence-electron chi connectivity index (χ0n) is 9.32. The Morgan fingerprint density at radius 2 is 2.31 bits per heavy atom. The lowest BCUT2D eigenvalue weighted by molar-refractivity contribution is 0.0226. The molecule has 0 aromatic carbocycles. The first-order valence-electron chi connectivity index (χ1n) is 5.82. The Bertz CT molecular complexity index is 401. The molecule has 1 aliphatic heterocycles. The second-order valence-electron chi connectivity index (χ2n) is 5.09. The number of β-amino-alcohol motifs (C(OH)–C–C–N with tert-alkyl or cyclic N) is 1. The molecule has 88 valence electrons. The maximum atomic E-state index is 10.7. The summed E-state index contributed by atoms with van der Waals surface area (Å²) in [7, 11) is 0. The van der Waals surface area contributed by atoms with Crippen LogP contribution in [0.1, 0.15) is 31.9 Å². The van der Waals surface area contributed by atoms with Gasteiger partial charge in [0.2, 0.25) is 0 Å². The third-order valence-electron chi connectivity index (χ3n) is 3.70. The molecule has 2 heterocycles. The van der Waals surface area contributed by atoms with Gasteiger partial charge < -0.3 is 9.52 Å². The third kappa shape index (κ3) is 1.63. The fraction of sp³-hybridized carbons (Fsp3) is 0.667. The van der Waals surface area contributed by atoms with Crippen LogP contribution in [0.25, 0.3) is 0 Å². The Kier molecular flexibility index (Phi) is 2.42. The van der Waals surface area contributed by atoms with E-state index in [0.29, 0.717) is 24.4 Å². The standard InChI is InChI=1S/C12H16BrNO2/c1-8-6-12(15,7-14(8)9-2-3-9)11-10(13)4-5-16-11/h4-5,8-9,15H,2-3,6-7H2,1H3. The second kappa shape index (κ2) is 3.59. The Morgan fingerprint density at radius 3 is 2.88 bits per heavy atom. The lowest BCUT2D eigenvalue weighted by atomic mass is 9.98. The second-order valence-corrected chi connectivity index (χ2v) is 5.94. The number of furan rings is 1. The summed E-state index contributed by atoms with van der Waals surface area (Å²) in [5.74, 6) is 0.683. The Labute approximate surface area is 104 Å². The summed E-state index contributed by atoms with van der Waals surface area (Å²) in [6.45, 7) is 2.89. The minimum atomic E-state index is -0.815. The van der Waals surface area contributed by atoms with Crippen molar-refractivity contribution in [2.75, 3.05) is 6.54 Å². The molecule has 1 aromatic heterocycles. The molecular formula is C12H16BrNO2. The molecular weight excluding hydrogens is 270 g/mol. The number of halogens is 1. The smallest absolute Gasteiger partial charge is 0.150 e. The number of likely N-dealkylation sites (tertiary alicyclic amines) is 1. The topological polar surface area (TPSA) is 36.6 Å². The molecule has 0 amide bonds. The van der Waals surface area contributed by atoms with E-state index in [1.807, 2.05) is 6.07 Å². The van der Waals surface area contributed by atoms with Crippen molar-refractivity contribution < 1.29 is 9.52 Å². The van der Waals surface area contributed by atoms with Crippen LogP contribution in [0.2, 0.25) is 0 Å². The predicted octanol–water partition coefficient (Wildman–Crippen LogP) is 2.49. The number of nitrogens with zero attached hydrogens (tertiary/aromatic N) is 1. The molecule has 4 heteroatoms. The van der Waals surface area contributed by atoms with Crippen molar-refractivity contribution in [2.24, 2.45) is 0 Å². The fourth-order valence-corrected chi connectivity index (χ4v) is 3.38. The monoisotopic (exact) mass is 285 g/mol. The van der Waals surface area contributed by atoms with Gasteiger partial charge in [-0.3, -0.25) is 4.90 Å². The molecule has 2 atom stereocenters. The molecule has 16 heavy (non-hydrogen) atoms. The molecule has 1 saturated heterocycles. The molecule has 1 saturated carbocycles. The van der Waals surface area contributed by atoms with Gasteiger partial charge >= 0.3 is 0 Å². The van der Waals surface area contributed by atoms with Gasteiger partial charge in [-0.25, -0.2) is 0 Å². The van der Waals surface area contributed by atoms with E-state index in [-0.39, 0.29) is 0 Å². The van der Waals surface area contributed by atoms with Gasteiger partial charge in [0.05, 0.1) is 10.7 Å². The average Bonchev–Trinajstić information content (AvgIpc) is 2.89. The molecule has 2 aliphatic rings. The molecule has 2 unspecified atom stereocenters. The quantitative estimate of drug-likeness (QED) is 0.907. The molecule has 0 radical (unpaired) electrons. The first kappa shape index (κ1) is 10.8. The van der Waals surface area contributed by atoms with Crippen LogP contribution in [0.3, 0.4) is 0 Å². The Hall–Kier alpha value is -0.320. The number of hydrogen-bond acceptors (Lipinski definition) is 3. The average molecular weight is 286 g/mol. The van der Waals surface area contributed by atoms with Crippen LogP contribution in [-0.2, 0) is 5.60 Å². The summed E-state index contributed by atoms with van der Waals surface area (Å²) >= 11 is 3.43. The minimum absolute atomic E-state index is 0.439. The summed E-state index contributed by atoms with van der Waals surface area (Å²) in [5.41, 5.74) is -0.815. The van der Waals surface area contributed by atoms with E-state index in [4.69, 9.17) is 4.42 Å². The highest BCUT2D eigenvalue weighted by molar-refractivity contribution is 9.10. The van der Waals surface area contributed by atoms with Crippen LogP contribution < -0.4 is 0 Å². The first-order chi connectivity index (χ1) is 7.60. The maximum absolute atomic E-state index is 10.7. The molecule has 1 aromatic rings. The summed E-state index contributed by atoms with van der Waals surface area (Å²) < 4.78 is 6.30. The summed E-state index contributed by atoms with van der Waals surface area (Å²) in [5, 5.41) is 10.7. The first-order valence-corrected chi connectivity index (χ1v) is 6.61. The lowest BCUT2D eigenvalue weighted by Crippen LogP contribution is -2.33. The van der Waals surface area contributed by atoms with E-state index < -0.39 is 5.60 Å². The van der Waals surface area contributed by atoms with Crippen molar-refractivity contribution in [1.29, 1.82) is 0 Å². The highest BCUT2D eigenvalue weighted by Crippen LogP contribution is 2.43. The van der Waals surface area contributed by atoms with Gasteiger partial charge in [-0.05, 0) is 48.2 Å². The zero-order valence-corrected chi connectivity index (χ0v) is 10.9. The van der Waals surface area contributed by atoms with Gasteiger partial charge in [0.15, 0.2) is 5.76 Å². The number of aliphatic hydroxyl groups is 1. The molecule has 3 rings (SSSR count). The molecule has 0 bridgehead atoms. The fourth-order valence-electron chi connectivity index (χ4n) is 2.81. The number of rotatable bonds is 2. The zero-order chi connectivity index (χ0) is 11.3. The normalized spacial score (nSPS) is 35.8. The van der Waals surface area contributed by atoms with Crippen LogP contribution in [0.4, 0.5) is 0 Å². The molecule has 0 spiro atoms. The van der Waals surface area contributed by atoms with Gasteiger partial charge in [-0.2, -0.15) is 0 Å². The largest absolute Gasteiger partial charge is 0.465 e. The van der Waals surface area contributed by atoms with Gasteiger partial charge in [-0.15, -0.1) is 0 Å². The van der Waals surface area contributed by atoms with Crippen LogP contribution in [0.5, 0.6) is 0 Å². The van der Waals surface area contributed by atoms with Crippen molar-refractivity contribution in [2.45, 2.75) is 43.9 Å². The van der Waals surface area contributed by atoms with E-state index in [1.165, 1.54) is 12.8 Å². The van der Waals surface area contributed by atoms with Crippen LogP contribution in [-0.4, -0.2) is 28.6 Å². The van der Waals surface area contributed by atoms with Crippen LogP contribution in [0.15, 0.2) is 21.2 Å². The third-order valence-corrected chi connectivity index (χ3v) is 4.32. The van der Waals surface area contributed by atoms with E-state index >= 15 is 0 Å². The Morgan fingerprint density at radius 1 is 1.56 bits per heavy atom. The molecule has 3 nitrogen and oxygen atoms in total. The number of hydrogen-bond donors (Lipinski definition) is 1. The van der Waals surface area contributed by atoms with E-state index in [9.17, 15) is 5.11 Å². The van der Waals surface area contributed by atoms with Crippen molar-refractivity contribution in [1.82, 2.24) is 4.90 Å². The van der Waals surface area contributed by atoms with Crippen molar-refractivity contribution in [3.63, 3.8) is 0 Å². The lowest BCUT2D eigenvalue weighted by Gasteiger charge is -2.22. The molecule has 2 fully saturated rings. The molecule has 1 aliphatic carbocycles. The van der Waals surface area contributed by atoms with E-state index in [1.54, 1.807) is 6.26 Å². The Balaban J connectivity index is 1.87. The maximum Gasteiger partial charge on any atom is 0.150 e. The SMILES string of the molecule is CC1CC(O)(c2occc2Br)CN1C1CC1. The van der Waals surface area contributed by atoms with Crippen molar-refractivity contribution in [3.8, 4) is 0 Å². The summed E-state index contributed by atoms with van der Waals surface area (Å²) in [4.78, 5) is 2.41. The minimum Gasteiger partial charge on any atom is -0.465 e. The highest BCUT2D eigenvalue weighted by Gasteiger charge is 2.49.